The molecule has 1 aromatic rings. The summed E-state index contributed by atoms with van der Waals surface area (Å²) in [5.74, 6) is 0.264. The normalized spacial score (nSPS) is 20.4. The molecule has 0 aliphatic carbocycles. The number of nitrogens with zero attached hydrogens (tertiary/aromatic N) is 1. The Balaban J connectivity index is 2.32. The van der Waals surface area contributed by atoms with Crippen LogP contribution in [0, 0.1) is 12.8 Å². The van der Waals surface area contributed by atoms with Crippen molar-refractivity contribution in [2.24, 2.45) is 5.92 Å². The number of rotatable bonds is 4. The fourth-order valence-electron chi connectivity index (χ4n) is 2.47. The van der Waals surface area contributed by atoms with Gasteiger partial charge in [-0.1, -0.05) is 15.9 Å². The Morgan fingerprint density at radius 2 is 2.20 bits per heavy atom. The van der Waals surface area contributed by atoms with Crippen LogP contribution < -0.4 is 5.73 Å². The van der Waals surface area contributed by atoms with Gasteiger partial charge < -0.3 is 10.5 Å². The summed E-state index contributed by atoms with van der Waals surface area (Å²) in [5.41, 5.74) is 6.94. The fraction of sp³-hybridized carbons (Fsp3) is 0.538. The average molecular weight is 363 g/mol. The lowest BCUT2D eigenvalue weighted by Gasteiger charge is -2.19. The molecule has 1 unspecified atom stereocenters. The zero-order valence-electron chi connectivity index (χ0n) is 11.6. The summed E-state index contributed by atoms with van der Waals surface area (Å²) >= 11 is 3.30. The van der Waals surface area contributed by atoms with Crippen LogP contribution in [0.3, 0.4) is 0 Å². The van der Waals surface area contributed by atoms with E-state index in [-0.39, 0.29) is 10.8 Å². The van der Waals surface area contributed by atoms with Crippen molar-refractivity contribution >= 4 is 31.6 Å². The van der Waals surface area contributed by atoms with Crippen LogP contribution in [0.5, 0.6) is 0 Å². The molecule has 0 radical (unpaired) electrons. The lowest BCUT2D eigenvalue weighted by molar-refractivity contribution is 0.157. The molecule has 0 spiro atoms. The van der Waals surface area contributed by atoms with Crippen molar-refractivity contribution in [3.63, 3.8) is 0 Å². The molecule has 7 heteroatoms. The predicted octanol–water partition coefficient (Wildman–Crippen LogP) is 2.00. The topological polar surface area (TPSA) is 72.6 Å². The van der Waals surface area contributed by atoms with Crippen molar-refractivity contribution < 1.29 is 13.2 Å². The summed E-state index contributed by atoms with van der Waals surface area (Å²) in [7, 11) is -1.86. The standard InChI is InChI=1S/C13H19BrN2O3S/c1-9-12(15)5-11(14)6-13(9)20(17,18)16-4-3-10(7-16)8-19-2/h5-6,10H,3-4,7-8,15H2,1-2H3. The van der Waals surface area contributed by atoms with Crippen LogP contribution in [0.15, 0.2) is 21.5 Å². The van der Waals surface area contributed by atoms with E-state index in [1.807, 2.05) is 0 Å². The van der Waals surface area contributed by atoms with E-state index in [9.17, 15) is 8.42 Å². The van der Waals surface area contributed by atoms with E-state index in [1.165, 1.54) is 4.31 Å². The van der Waals surface area contributed by atoms with Crippen LogP contribution in [0.2, 0.25) is 0 Å². The fourth-order valence-corrected chi connectivity index (χ4v) is 4.91. The summed E-state index contributed by atoms with van der Waals surface area (Å²) in [6.07, 6.45) is 0.829. The predicted molar refractivity (Wildman–Crippen MR) is 82.0 cm³/mol. The number of ether oxygens (including phenoxy) is 1. The van der Waals surface area contributed by atoms with Gasteiger partial charge in [-0.25, -0.2) is 8.42 Å². The lowest BCUT2D eigenvalue weighted by Crippen LogP contribution is -2.30. The molecule has 1 aromatic carbocycles. The van der Waals surface area contributed by atoms with Gasteiger partial charge in [0.05, 0.1) is 11.5 Å². The van der Waals surface area contributed by atoms with E-state index in [4.69, 9.17) is 10.5 Å². The van der Waals surface area contributed by atoms with E-state index in [0.717, 1.165) is 6.42 Å². The second-order valence-electron chi connectivity index (χ2n) is 5.09. The number of anilines is 1. The van der Waals surface area contributed by atoms with Gasteiger partial charge in [0.2, 0.25) is 10.0 Å². The van der Waals surface area contributed by atoms with Crippen LogP contribution in [0.4, 0.5) is 5.69 Å². The first-order chi connectivity index (χ1) is 9.36. The molecule has 112 valence electrons. The maximum Gasteiger partial charge on any atom is 0.243 e. The molecule has 20 heavy (non-hydrogen) atoms. The largest absolute Gasteiger partial charge is 0.398 e. The van der Waals surface area contributed by atoms with Crippen molar-refractivity contribution in [1.82, 2.24) is 4.31 Å². The Hall–Kier alpha value is -0.630. The highest BCUT2D eigenvalue weighted by atomic mass is 79.9. The zero-order chi connectivity index (χ0) is 14.9. The second kappa shape index (κ2) is 6.01. The summed E-state index contributed by atoms with van der Waals surface area (Å²) in [4.78, 5) is 0.280. The first-order valence-electron chi connectivity index (χ1n) is 6.41. The second-order valence-corrected chi connectivity index (χ2v) is 7.91. The van der Waals surface area contributed by atoms with Gasteiger partial charge in [0.1, 0.15) is 0 Å². The number of nitrogens with two attached hydrogens (primary N) is 1. The number of sulfonamides is 1. The molecule has 0 aromatic heterocycles. The summed E-state index contributed by atoms with van der Waals surface area (Å²) < 4.78 is 32.7. The minimum atomic E-state index is -3.50. The van der Waals surface area contributed by atoms with E-state index in [0.29, 0.717) is 35.4 Å². The van der Waals surface area contributed by atoms with Crippen molar-refractivity contribution in [1.29, 1.82) is 0 Å². The third-order valence-corrected chi connectivity index (χ3v) is 6.08. The molecule has 0 bridgehead atoms. The van der Waals surface area contributed by atoms with Crippen LogP contribution in [0.1, 0.15) is 12.0 Å². The minimum Gasteiger partial charge on any atom is -0.398 e. The quantitative estimate of drug-likeness (QED) is 0.831. The molecular formula is C13H19BrN2O3S. The SMILES string of the molecule is COCC1CCN(S(=O)(=O)c2cc(Br)cc(N)c2C)C1. The molecule has 0 amide bonds. The number of hydrogen-bond donors (Lipinski definition) is 1. The Morgan fingerprint density at radius 3 is 2.85 bits per heavy atom. The number of nitrogen functional groups attached to an aromatic ring is 1. The monoisotopic (exact) mass is 362 g/mol. The van der Waals surface area contributed by atoms with Gasteiger partial charge in [-0.15, -0.1) is 0 Å². The molecule has 5 nitrogen and oxygen atoms in total. The summed E-state index contributed by atoms with van der Waals surface area (Å²) in [5, 5.41) is 0. The van der Waals surface area contributed by atoms with Gasteiger partial charge in [0, 0.05) is 30.4 Å². The Kier molecular flexibility index (Phi) is 4.73. The Morgan fingerprint density at radius 1 is 1.50 bits per heavy atom. The van der Waals surface area contributed by atoms with E-state index < -0.39 is 10.0 Å². The van der Waals surface area contributed by atoms with Crippen LogP contribution >= 0.6 is 15.9 Å². The molecule has 0 saturated carbocycles. The summed E-state index contributed by atoms with van der Waals surface area (Å²) in [6, 6.07) is 3.33. The number of halogens is 1. The third-order valence-electron chi connectivity index (χ3n) is 3.63. The number of benzene rings is 1. The van der Waals surface area contributed by atoms with E-state index >= 15 is 0 Å². The van der Waals surface area contributed by atoms with Crippen LogP contribution in [-0.4, -0.2) is 39.5 Å². The minimum absolute atomic E-state index is 0.264. The molecule has 2 N–H and O–H groups in total. The number of methoxy groups -OCH3 is 1. The summed E-state index contributed by atoms with van der Waals surface area (Å²) in [6.45, 7) is 3.35. The van der Waals surface area contributed by atoms with Gasteiger partial charge >= 0.3 is 0 Å². The van der Waals surface area contributed by atoms with Gasteiger partial charge in [-0.05, 0) is 37.0 Å². The lowest BCUT2D eigenvalue weighted by atomic mass is 10.1. The highest BCUT2D eigenvalue weighted by molar-refractivity contribution is 9.10. The Labute approximate surface area is 128 Å². The van der Waals surface area contributed by atoms with Crippen LogP contribution in [-0.2, 0) is 14.8 Å². The van der Waals surface area contributed by atoms with Crippen molar-refractivity contribution in [3.8, 4) is 0 Å². The van der Waals surface area contributed by atoms with Crippen molar-refractivity contribution in [3.05, 3.63) is 22.2 Å². The van der Waals surface area contributed by atoms with E-state index in [2.05, 4.69) is 15.9 Å². The molecule has 1 saturated heterocycles. The average Bonchev–Trinajstić information content (AvgIpc) is 2.83. The Bertz CT molecular complexity index is 604. The van der Waals surface area contributed by atoms with Gasteiger partial charge in [-0.3, -0.25) is 0 Å². The zero-order valence-corrected chi connectivity index (χ0v) is 14.0. The first-order valence-corrected chi connectivity index (χ1v) is 8.64. The maximum absolute atomic E-state index is 12.7. The maximum atomic E-state index is 12.7. The van der Waals surface area contributed by atoms with Gasteiger partial charge in [0.15, 0.2) is 0 Å². The third kappa shape index (κ3) is 3.00. The smallest absolute Gasteiger partial charge is 0.243 e. The molecule has 1 atom stereocenters. The molecular weight excluding hydrogens is 344 g/mol. The van der Waals surface area contributed by atoms with E-state index in [1.54, 1.807) is 26.2 Å². The molecule has 1 fully saturated rings. The van der Waals surface area contributed by atoms with Crippen molar-refractivity contribution in [2.45, 2.75) is 18.2 Å². The molecule has 1 aliphatic rings. The molecule has 1 heterocycles. The van der Waals surface area contributed by atoms with Gasteiger partial charge in [-0.2, -0.15) is 4.31 Å². The van der Waals surface area contributed by atoms with Crippen molar-refractivity contribution in [2.75, 3.05) is 32.5 Å². The molecule has 2 rings (SSSR count). The highest BCUT2D eigenvalue weighted by Crippen LogP contribution is 2.31. The highest BCUT2D eigenvalue weighted by Gasteiger charge is 2.33. The van der Waals surface area contributed by atoms with Crippen LogP contribution in [0.25, 0.3) is 0 Å². The number of hydrogen-bond acceptors (Lipinski definition) is 4. The van der Waals surface area contributed by atoms with Gasteiger partial charge in [0.25, 0.3) is 0 Å². The first kappa shape index (κ1) is 15.8. The molecule has 1 aliphatic heterocycles.